The molecule has 0 bridgehead atoms. The van der Waals surface area contributed by atoms with Crippen LogP contribution in [0.15, 0.2) is 64.2 Å². The van der Waals surface area contributed by atoms with E-state index in [1.54, 1.807) is 55.5 Å². The van der Waals surface area contributed by atoms with Crippen LogP contribution in [0.2, 0.25) is 0 Å². The lowest BCUT2D eigenvalue weighted by Gasteiger charge is -2.12. The average molecular weight is 423 g/mol. The number of carbonyl (C=O) groups excluding carboxylic acids is 3. The molecule has 1 aromatic heterocycles. The highest BCUT2D eigenvalue weighted by molar-refractivity contribution is 5.97. The number of hydrogen-bond acceptors (Lipinski definition) is 6. The Bertz CT molecular complexity index is 1240. The van der Waals surface area contributed by atoms with Crippen LogP contribution in [-0.2, 0) is 38.6 Å². The van der Waals surface area contributed by atoms with Crippen molar-refractivity contribution >= 4 is 28.7 Å². The van der Waals surface area contributed by atoms with Gasteiger partial charge < -0.3 is 4.74 Å². The van der Waals surface area contributed by atoms with Gasteiger partial charge in [0.15, 0.2) is 6.61 Å². The van der Waals surface area contributed by atoms with Gasteiger partial charge in [-0.05, 0) is 24.6 Å². The summed E-state index contributed by atoms with van der Waals surface area (Å²) in [6.07, 6.45) is 0.0144. The molecule has 0 saturated heterocycles. The third-order valence-corrected chi connectivity index (χ3v) is 4.59. The number of aromatic nitrogens is 2. The molecule has 9 heteroatoms. The zero-order valence-electron chi connectivity index (χ0n) is 16.9. The largest absolute Gasteiger partial charge is 0.454 e. The summed E-state index contributed by atoms with van der Waals surface area (Å²) in [6, 6.07) is 15.3. The molecule has 3 aromatic rings. The fourth-order valence-corrected chi connectivity index (χ4v) is 3.14. The molecule has 160 valence electrons. The molecule has 0 aliphatic carbocycles. The molecule has 1 N–H and O–H groups in total. The van der Waals surface area contributed by atoms with Crippen LogP contribution in [0, 0.1) is 0 Å². The van der Waals surface area contributed by atoms with E-state index in [4.69, 9.17) is 4.74 Å². The van der Waals surface area contributed by atoms with Crippen LogP contribution < -0.4 is 16.6 Å². The Labute approximate surface area is 176 Å². The third kappa shape index (κ3) is 5.13. The molecule has 0 fully saturated rings. The van der Waals surface area contributed by atoms with Gasteiger partial charge in [0.25, 0.3) is 11.5 Å². The van der Waals surface area contributed by atoms with Crippen LogP contribution in [0.4, 0.5) is 0 Å². The first-order chi connectivity index (χ1) is 14.9. The molecule has 0 saturated carbocycles. The van der Waals surface area contributed by atoms with E-state index in [-0.39, 0.29) is 13.0 Å². The fraction of sp³-hybridized carbons (Fsp3) is 0.227. The molecule has 0 aliphatic rings. The number of para-hydroxylation sites is 1. The second-order valence-electron chi connectivity index (χ2n) is 6.73. The number of esters is 1. The van der Waals surface area contributed by atoms with Crippen molar-refractivity contribution in [2.45, 2.75) is 26.4 Å². The Morgan fingerprint density at radius 3 is 2.29 bits per heavy atom. The number of imide groups is 1. The average Bonchev–Trinajstić information content (AvgIpc) is 2.76. The summed E-state index contributed by atoms with van der Waals surface area (Å²) in [7, 11) is 0. The Hall–Kier alpha value is -4.01. The summed E-state index contributed by atoms with van der Waals surface area (Å²) in [6.45, 7) is 0.644. The van der Waals surface area contributed by atoms with Crippen LogP contribution in [0.3, 0.4) is 0 Å². The quantitative estimate of drug-likeness (QED) is 0.557. The number of hydrogen-bond donors (Lipinski definition) is 1. The smallest absolute Gasteiger partial charge is 0.332 e. The molecular formula is C22H21N3O6. The highest BCUT2D eigenvalue weighted by Crippen LogP contribution is 2.07. The van der Waals surface area contributed by atoms with E-state index in [2.05, 4.69) is 5.32 Å². The molecule has 0 unspecified atom stereocenters. The number of nitrogens with one attached hydrogen (secondary N) is 1. The first-order valence-electron chi connectivity index (χ1n) is 9.65. The third-order valence-electron chi connectivity index (χ3n) is 4.59. The van der Waals surface area contributed by atoms with Crippen molar-refractivity contribution < 1.29 is 19.1 Å². The SMILES string of the molecule is CCn1c(=O)c2ccccc2n(CC(=O)OCC(=O)NC(=O)Cc2ccccc2)c1=O. The lowest BCUT2D eigenvalue weighted by Crippen LogP contribution is -2.41. The second kappa shape index (κ2) is 9.66. The molecular weight excluding hydrogens is 402 g/mol. The predicted octanol–water partition coefficient (Wildman–Crippen LogP) is 0.612. The maximum absolute atomic E-state index is 12.6. The first-order valence-corrected chi connectivity index (χ1v) is 9.65. The van der Waals surface area contributed by atoms with Gasteiger partial charge in [0.1, 0.15) is 6.54 Å². The minimum absolute atomic E-state index is 0.0144. The highest BCUT2D eigenvalue weighted by Gasteiger charge is 2.16. The van der Waals surface area contributed by atoms with E-state index in [0.717, 1.165) is 14.7 Å². The maximum atomic E-state index is 12.6. The number of ether oxygens (including phenoxy) is 1. The molecule has 0 spiro atoms. The Balaban J connectivity index is 1.64. The van der Waals surface area contributed by atoms with E-state index >= 15 is 0 Å². The summed E-state index contributed by atoms with van der Waals surface area (Å²) >= 11 is 0. The maximum Gasteiger partial charge on any atom is 0.332 e. The normalized spacial score (nSPS) is 10.6. The predicted molar refractivity (Wildman–Crippen MR) is 112 cm³/mol. The number of amides is 2. The van der Waals surface area contributed by atoms with Gasteiger partial charge in [-0.3, -0.25) is 33.6 Å². The van der Waals surface area contributed by atoms with Gasteiger partial charge >= 0.3 is 11.7 Å². The van der Waals surface area contributed by atoms with Gasteiger partial charge in [-0.15, -0.1) is 0 Å². The van der Waals surface area contributed by atoms with E-state index in [1.807, 2.05) is 6.07 Å². The zero-order valence-corrected chi connectivity index (χ0v) is 16.9. The topological polar surface area (TPSA) is 116 Å². The van der Waals surface area contributed by atoms with Crippen molar-refractivity contribution in [3.05, 3.63) is 81.0 Å². The fourth-order valence-electron chi connectivity index (χ4n) is 3.14. The second-order valence-corrected chi connectivity index (χ2v) is 6.73. The molecule has 31 heavy (non-hydrogen) atoms. The molecule has 0 radical (unpaired) electrons. The number of carbonyl (C=O) groups is 3. The van der Waals surface area contributed by atoms with Crippen molar-refractivity contribution in [2.75, 3.05) is 6.61 Å². The summed E-state index contributed by atoms with van der Waals surface area (Å²) in [5, 5.41) is 2.44. The Morgan fingerprint density at radius 2 is 1.58 bits per heavy atom. The van der Waals surface area contributed by atoms with Crippen molar-refractivity contribution in [1.29, 1.82) is 0 Å². The minimum Gasteiger partial charge on any atom is -0.454 e. The minimum atomic E-state index is -0.848. The summed E-state index contributed by atoms with van der Waals surface area (Å²) in [5.74, 6) is -2.14. The van der Waals surface area contributed by atoms with Crippen LogP contribution in [0.5, 0.6) is 0 Å². The van der Waals surface area contributed by atoms with Crippen LogP contribution in [0.1, 0.15) is 12.5 Å². The van der Waals surface area contributed by atoms with Gasteiger partial charge in [-0.25, -0.2) is 4.79 Å². The van der Waals surface area contributed by atoms with Gasteiger partial charge in [-0.2, -0.15) is 0 Å². The molecule has 1 heterocycles. The summed E-state index contributed by atoms with van der Waals surface area (Å²) in [4.78, 5) is 61.1. The van der Waals surface area contributed by atoms with Gasteiger partial charge in [0.05, 0.1) is 17.3 Å². The van der Waals surface area contributed by atoms with E-state index in [1.165, 1.54) is 0 Å². The number of nitrogens with zero attached hydrogens (tertiary/aromatic N) is 2. The van der Waals surface area contributed by atoms with Gasteiger partial charge in [0.2, 0.25) is 5.91 Å². The van der Waals surface area contributed by atoms with Gasteiger partial charge in [-0.1, -0.05) is 42.5 Å². The number of fused-ring (bicyclic) bond motifs is 1. The molecule has 0 atom stereocenters. The lowest BCUT2D eigenvalue weighted by atomic mass is 10.1. The summed E-state index contributed by atoms with van der Waals surface area (Å²) in [5.41, 5.74) is -0.0570. The van der Waals surface area contributed by atoms with Crippen molar-refractivity contribution in [2.24, 2.45) is 0 Å². The van der Waals surface area contributed by atoms with Crippen molar-refractivity contribution in [3.63, 3.8) is 0 Å². The highest BCUT2D eigenvalue weighted by atomic mass is 16.5. The van der Waals surface area contributed by atoms with E-state index in [9.17, 15) is 24.0 Å². The Kier molecular flexibility index (Phi) is 6.76. The number of benzene rings is 2. The van der Waals surface area contributed by atoms with Crippen molar-refractivity contribution in [1.82, 2.24) is 14.5 Å². The summed E-state index contributed by atoms with van der Waals surface area (Å²) < 4.78 is 7.06. The molecule has 2 aromatic carbocycles. The lowest BCUT2D eigenvalue weighted by molar-refractivity contribution is -0.150. The molecule has 2 amide bonds. The molecule has 0 aliphatic heterocycles. The zero-order chi connectivity index (χ0) is 22.4. The van der Waals surface area contributed by atoms with Crippen molar-refractivity contribution in [3.8, 4) is 0 Å². The van der Waals surface area contributed by atoms with E-state index < -0.39 is 42.2 Å². The van der Waals surface area contributed by atoms with Crippen LogP contribution >= 0.6 is 0 Å². The van der Waals surface area contributed by atoms with E-state index in [0.29, 0.717) is 10.9 Å². The molecule has 9 nitrogen and oxygen atoms in total. The van der Waals surface area contributed by atoms with Gasteiger partial charge in [0, 0.05) is 6.54 Å². The molecule has 3 rings (SSSR count). The standard InChI is InChI=1S/C22H21N3O6/c1-2-24-21(29)16-10-6-7-11-17(16)25(22(24)30)13-20(28)31-14-19(27)23-18(26)12-15-8-4-3-5-9-15/h3-11H,2,12-14H2,1H3,(H,23,26,27). The van der Waals surface area contributed by atoms with Crippen LogP contribution in [-0.4, -0.2) is 33.5 Å². The first kappa shape index (κ1) is 21.7. The Morgan fingerprint density at radius 1 is 0.903 bits per heavy atom. The monoisotopic (exact) mass is 423 g/mol. The van der Waals surface area contributed by atoms with Crippen LogP contribution in [0.25, 0.3) is 10.9 Å². The number of rotatable bonds is 7.